The Balaban J connectivity index is 2.37. The third-order valence-corrected chi connectivity index (χ3v) is 4.18. The molecule has 0 fully saturated rings. The Labute approximate surface area is 116 Å². The minimum atomic E-state index is -2.97. The largest absolute Gasteiger partial charge is 0.329 e. The fraction of sp³-hybridized carbons (Fsp3) is 0.333. The summed E-state index contributed by atoms with van der Waals surface area (Å²) in [5.74, 6) is 0.124. The quantitative estimate of drug-likeness (QED) is 0.875. The molecule has 5 nitrogen and oxygen atoms in total. The van der Waals surface area contributed by atoms with Gasteiger partial charge in [0, 0.05) is 12.8 Å². The molecular formula is C12H13N3O2S2. The monoisotopic (exact) mass is 295 g/mol. The van der Waals surface area contributed by atoms with Gasteiger partial charge in [-0.2, -0.15) is 5.26 Å². The summed E-state index contributed by atoms with van der Waals surface area (Å²) in [7, 11) is -2.97. The predicted octanol–water partition coefficient (Wildman–Crippen LogP) is 2.01. The van der Waals surface area contributed by atoms with Crippen LogP contribution in [0.3, 0.4) is 0 Å². The van der Waals surface area contributed by atoms with Crippen molar-refractivity contribution in [3.63, 3.8) is 0 Å². The molecule has 0 aliphatic rings. The molecule has 0 atom stereocenters. The Morgan fingerprint density at radius 2 is 2.21 bits per heavy atom. The van der Waals surface area contributed by atoms with E-state index >= 15 is 0 Å². The van der Waals surface area contributed by atoms with Crippen molar-refractivity contribution in [1.29, 1.82) is 5.26 Å². The van der Waals surface area contributed by atoms with Gasteiger partial charge in [-0.1, -0.05) is 6.07 Å². The second-order valence-corrected chi connectivity index (χ2v) is 7.02. The highest BCUT2D eigenvalue weighted by atomic mass is 32.2. The van der Waals surface area contributed by atoms with E-state index in [1.807, 2.05) is 10.6 Å². The lowest BCUT2D eigenvalue weighted by molar-refractivity contribution is 0.592. The van der Waals surface area contributed by atoms with Gasteiger partial charge in [0.15, 0.2) is 4.77 Å². The summed E-state index contributed by atoms with van der Waals surface area (Å²) in [5, 5.41) is 9.03. The van der Waals surface area contributed by atoms with Gasteiger partial charge in [0.05, 0.1) is 22.3 Å². The van der Waals surface area contributed by atoms with Crippen LogP contribution < -0.4 is 0 Å². The van der Waals surface area contributed by atoms with E-state index in [2.05, 4.69) is 11.1 Å². The minimum absolute atomic E-state index is 0.124. The van der Waals surface area contributed by atoms with Crippen molar-refractivity contribution in [2.24, 2.45) is 0 Å². The van der Waals surface area contributed by atoms with E-state index in [0.717, 1.165) is 5.52 Å². The van der Waals surface area contributed by atoms with E-state index < -0.39 is 9.84 Å². The lowest BCUT2D eigenvalue weighted by Gasteiger charge is -2.03. The smallest absolute Gasteiger partial charge is 0.178 e. The summed E-state index contributed by atoms with van der Waals surface area (Å²) in [6.07, 6.45) is 1.71. The molecule has 0 saturated carbocycles. The molecule has 7 heteroatoms. The first-order valence-corrected chi connectivity index (χ1v) is 8.18. The maximum atomic E-state index is 11.1. The number of para-hydroxylation sites is 1. The maximum absolute atomic E-state index is 11.1. The molecule has 0 saturated heterocycles. The number of aromatic amines is 1. The highest BCUT2D eigenvalue weighted by molar-refractivity contribution is 7.90. The zero-order valence-corrected chi connectivity index (χ0v) is 12.0. The van der Waals surface area contributed by atoms with Crippen molar-refractivity contribution >= 4 is 33.1 Å². The Morgan fingerprint density at radius 1 is 1.47 bits per heavy atom. The number of nitrogens with one attached hydrogen (secondary N) is 1. The fourth-order valence-corrected chi connectivity index (χ4v) is 2.93. The average molecular weight is 295 g/mol. The van der Waals surface area contributed by atoms with Gasteiger partial charge in [-0.15, -0.1) is 0 Å². The van der Waals surface area contributed by atoms with Gasteiger partial charge in [0.2, 0.25) is 0 Å². The molecule has 0 bridgehead atoms. The van der Waals surface area contributed by atoms with Gasteiger partial charge >= 0.3 is 0 Å². The second-order valence-electron chi connectivity index (χ2n) is 4.38. The molecular weight excluding hydrogens is 282 g/mol. The van der Waals surface area contributed by atoms with Crippen LogP contribution >= 0.6 is 12.2 Å². The van der Waals surface area contributed by atoms with E-state index in [1.165, 1.54) is 6.26 Å². The molecule has 0 amide bonds. The van der Waals surface area contributed by atoms with Crippen LogP contribution in [0, 0.1) is 16.1 Å². The number of benzene rings is 1. The van der Waals surface area contributed by atoms with Crippen LogP contribution in [0.15, 0.2) is 18.2 Å². The van der Waals surface area contributed by atoms with Crippen LogP contribution in [-0.2, 0) is 16.4 Å². The van der Waals surface area contributed by atoms with E-state index in [4.69, 9.17) is 17.5 Å². The first kappa shape index (κ1) is 13.8. The van der Waals surface area contributed by atoms with Crippen LogP contribution in [0.2, 0.25) is 0 Å². The lowest BCUT2D eigenvalue weighted by Crippen LogP contribution is -2.07. The van der Waals surface area contributed by atoms with E-state index in [-0.39, 0.29) is 5.75 Å². The number of nitriles is 1. The van der Waals surface area contributed by atoms with Crippen LogP contribution in [0.25, 0.3) is 11.0 Å². The number of aryl methyl sites for hydroxylation is 1. The molecule has 0 aliphatic heterocycles. The van der Waals surface area contributed by atoms with Gasteiger partial charge in [0.1, 0.15) is 15.9 Å². The van der Waals surface area contributed by atoms with Crippen molar-refractivity contribution in [1.82, 2.24) is 9.55 Å². The Hall–Kier alpha value is -1.65. The molecule has 100 valence electrons. The second kappa shape index (κ2) is 5.15. The fourth-order valence-electron chi connectivity index (χ4n) is 1.98. The van der Waals surface area contributed by atoms with Gasteiger partial charge in [-0.3, -0.25) is 0 Å². The highest BCUT2D eigenvalue weighted by Gasteiger charge is 2.09. The van der Waals surface area contributed by atoms with E-state index in [1.54, 1.807) is 12.1 Å². The van der Waals surface area contributed by atoms with Crippen molar-refractivity contribution in [3.05, 3.63) is 28.5 Å². The standard InChI is InChI=1S/C12H13N3O2S2/c1-19(16,17)7-3-6-15-10-5-2-4-9(8-13)11(10)14-12(15)18/h2,4-5H,3,6-7H2,1H3,(H,14,18). The van der Waals surface area contributed by atoms with Crippen LogP contribution in [0.1, 0.15) is 12.0 Å². The van der Waals surface area contributed by atoms with Gasteiger partial charge in [0.25, 0.3) is 0 Å². The summed E-state index contributed by atoms with van der Waals surface area (Å²) >= 11 is 5.22. The summed E-state index contributed by atoms with van der Waals surface area (Å²) in [4.78, 5) is 3.00. The third kappa shape index (κ3) is 3.03. The van der Waals surface area contributed by atoms with Crippen LogP contribution in [-0.4, -0.2) is 30.0 Å². The van der Waals surface area contributed by atoms with Crippen molar-refractivity contribution in [2.75, 3.05) is 12.0 Å². The molecule has 0 unspecified atom stereocenters. The first-order valence-electron chi connectivity index (χ1n) is 5.72. The molecule has 0 radical (unpaired) electrons. The number of sulfone groups is 1. The predicted molar refractivity (Wildman–Crippen MR) is 76.2 cm³/mol. The number of hydrogen-bond acceptors (Lipinski definition) is 4. The average Bonchev–Trinajstić information content (AvgIpc) is 2.64. The molecule has 19 heavy (non-hydrogen) atoms. The summed E-state index contributed by atoms with van der Waals surface area (Å²) in [6.45, 7) is 0.515. The van der Waals surface area contributed by atoms with E-state index in [0.29, 0.717) is 28.8 Å². The van der Waals surface area contributed by atoms with Gasteiger partial charge in [-0.05, 0) is 30.8 Å². The Bertz CT molecular complexity index is 810. The lowest BCUT2D eigenvalue weighted by atomic mass is 10.2. The Kier molecular flexibility index (Phi) is 3.73. The number of H-pyrrole nitrogens is 1. The number of imidazole rings is 1. The zero-order valence-electron chi connectivity index (χ0n) is 10.4. The molecule has 1 heterocycles. The summed E-state index contributed by atoms with van der Waals surface area (Å²) in [6, 6.07) is 7.47. The topological polar surface area (TPSA) is 78.7 Å². The zero-order chi connectivity index (χ0) is 14.0. The van der Waals surface area contributed by atoms with Crippen molar-refractivity contribution < 1.29 is 8.42 Å². The molecule has 0 aliphatic carbocycles. The minimum Gasteiger partial charge on any atom is -0.329 e. The molecule has 1 N–H and O–H groups in total. The normalized spacial score (nSPS) is 11.6. The van der Waals surface area contributed by atoms with Crippen molar-refractivity contribution in [3.8, 4) is 6.07 Å². The van der Waals surface area contributed by atoms with Gasteiger partial charge in [-0.25, -0.2) is 8.42 Å². The highest BCUT2D eigenvalue weighted by Crippen LogP contribution is 2.18. The molecule has 2 rings (SSSR count). The maximum Gasteiger partial charge on any atom is 0.178 e. The molecule has 0 spiro atoms. The number of hydrogen-bond donors (Lipinski definition) is 1. The van der Waals surface area contributed by atoms with Crippen molar-refractivity contribution in [2.45, 2.75) is 13.0 Å². The third-order valence-electron chi connectivity index (χ3n) is 2.83. The van der Waals surface area contributed by atoms with Gasteiger partial charge < -0.3 is 9.55 Å². The molecule has 1 aromatic carbocycles. The SMILES string of the molecule is CS(=O)(=O)CCCn1c(=S)[nH]c2c(C#N)cccc21. The van der Waals surface area contributed by atoms with E-state index in [9.17, 15) is 8.42 Å². The molecule has 1 aromatic heterocycles. The molecule has 2 aromatic rings. The first-order chi connectivity index (χ1) is 8.92. The number of aromatic nitrogens is 2. The summed E-state index contributed by atoms with van der Waals surface area (Å²) in [5.41, 5.74) is 2.07. The number of nitrogens with zero attached hydrogens (tertiary/aromatic N) is 2. The van der Waals surface area contributed by atoms with Crippen LogP contribution in [0.4, 0.5) is 0 Å². The number of fused-ring (bicyclic) bond motifs is 1. The number of rotatable bonds is 4. The Morgan fingerprint density at radius 3 is 2.84 bits per heavy atom. The van der Waals surface area contributed by atoms with Crippen LogP contribution in [0.5, 0.6) is 0 Å². The summed E-state index contributed by atoms with van der Waals surface area (Å²) < 4.78 is 24.6.